The maximum absolute atomic E-state index is 12.0. The van der Waals surface area contributed by atoms with E-state index < -0.39 is 17.5 Å². The lowest BCUT2D eigenvalue weighted by molar-refractivity contribution is -0.143. The van der Waals surface area contributed by atoms with Crippen molar-refractivity contribution in [3.8, 4) is 0 Å². The van der Waals surface area contributed by atoms with E-state index in [1.54, 1.807) is 12.1 Å². The second kappa shape index (κ2) is 8.41. The van der Waals surface area contributed by atoms with Crippen LogP contribution < -0.4 is 0 Å². The van der Waals surface area contributed by atoms with Gasteiger partial charge in [-0.05, 0) is 17.5 Å². The molecule has 0 saturated heterocycles. The Morgan fingerprint density at radius 1 is 0.913 bits per heavy atom. The van der Waals surface area contributed by atoms with Gasteiger partial charge in [-0.25, -0.2) is 4.79 Å². The summed E-state index contributed by atoms with van der Waals surface area (Å²) in [6.45, 7) is 0.0185. The summed E-state index contributed by atoms with van der Waals surface area (Å²) in [5, 5.41) is 0. The summed E-state index contributed by atoms with van der Waals surface area (Å²) in [6.07, 6.45) is 0.536. The van der Waals surface area contributed by atoms with Crippen molar-refractivity contribution in [3.63, 3.8) is 0 Å². The summed E-state index contributed by atoms with van der Waals surface area (Å²) in [5.41, 5.74) is 10.1. The lowest BCUT2D eigenvalue weighted by Gasteiger charge is -2.02. The molecule has 0 radical (unpaired) electrons. The molecule has 0 aliphatic rings. The van der Waals surface area contributed by atoms with Crippen LogP contribution in [0.25, 0.3) is 5.53 Å². The van der Waals surface area contributed by atoms with Gasteiger partial charge in [0.1, 0.15) is 6.61 Å². The zero-order chi connectivity index (χ0) is 16.5. The van der Waals surface area contributed by atoms with Crippen molar-refractivity contribution in [2.24, 2.45) is 0 Å². The SMILES string of the molecule is [N-]=[N+]=C(C(=O)CCc1ccccc1)C(=O)OCc1ccccc1. The average Bonchev–Trinajstić information content (AvgIpc) is 2.60. The molecule has 0 aliphatic heterocycles. The first kappa shape index (κ1) is 16.3. The van der Waals surface area contributed by atoms with Gasteiger partial charge in [0.25, 0.3) is 5.78 Å². The van der Waals surface area contributed by atoms with Gasteiger partial charge in [0.05, 0.1) is 0 Å². The van der Waals surface area contributed by atoms with Gasteiger partial charge in [-0.2, -0.15) is 4.79 Å². The van der Waals surface area contributed by atoms with Crippen molar-refractivity contribution in [1.29, 1.82) is 0 Å². The van der Waals surface area contributed by atoms with Crippen molar-refractivity contribution in [3.05, 3.63) is 77.3 Å². The molecule has 0 saturated carbocycles. The summed E-state index contributed by atoms with van der Waals surface area (Å²) in [7, 11) is 0. The van der Waals surface area contributed by atoms with Crippen LogP contribution in [0.2, 0.25) is 0 Å². The first-order valence-corrected chi connectivity index (χ1v) is 7.21. The molecule has 0 aliphatic carbocycles. The minimum Gasteiger partial charge on any atom is -0.452 e. The molecule has 0 bridgehead atoms. The molecule has 0 amide bonds. The topological polar surface area (TPSA) is 79.8 Å². The van der Waals surface area contributed by atoms with Crippen molar-refractivity contribution < 1.29 is 19.1 Å². The van der Waals surface area contributed by atoms with E-state index in [2.05, 4.69) is 4.79 Å². The normalized spacial score (nSPS) is 9.74. The first-order chi connectivity index (χ1) is 11.2. The van der Waals surface area contributed by atoms with Crippen molar-refractivity contribution in [1.82, 2.24) is 0 Å². The Balaban J connectivity index is 1.89. The van der Waals surface area contributed by atoms with Crippen LogP contribution in [0.3, 0.4) is 0 Å². The van der Waals surface area contributed by atoms with Crippen LogP contribution in [0.5, 0.6) is 0 Å². The summed E-state index contributed by atoms with van der Waals surface area (Å²) in [4.78, 5) is 26.7. The van der Waals surface area contributed by atoms with E-state index in [1.807, 2.05) is 48.5 Å². The fourth-order valence-electron chi connectivity index (χ4n) is 2.02. The predicted octanol–water partition coefficient (Wildman–Crippen LogP) is 2.60. The summed E-state index contributed by atoms with van der Waals surface area (Å²) in [5.74, 6) is -1.47. The van der Waals surface area contributed by atoms with Crippen LogP contribution in [0.15, 0.2) is 60.7 Å². The van der Waals surface area contributed by atoms with Gasteiger partial charge in [-0.15, -0.1) is 0 Å². The van der Waals surface area contributed by atoms with E-state index in [0.29, 0.717) is 6.42 Å². The number of carbonyl (C=O) groups excluding carboxylic acids is 2. The van der Waals surface area contributed by atoms with Crippen LogP contribution in [0, 0.1) is 0 Å². The Kier molecular flexibility index (Phi) is 5.98. The zero-order valence-electron chi connectivity index (χ0n) is 12.5. The molecule has 0 unspecified atom stereocenters. The Labute approximate surface area is 134 Å². The molecule has 2 aromatic rings. The third-order valence-electron chi connectivity index (χ3n) is 3.25. The standard InChI is InChI=1S/C18H16N2O3/c19-20-17(16(21)12-11-14-7-3-1-4-8-14)18(22)23-13-15-9-5-2-6-10-15/h1-10H,11-13H2. The number of carbonyl (C=O) groups is 2. The number of nitrogens with zero attached hydrogens (tertiary/aromatic N) is 2. The van der Waals surface area contributed by atoms with Crippen LogP contribution in [-0.2, 0) is 27.4 Å². The fraction of sp³-hybridized carbons (Fsp3) is 0.167. The van der Waals surface area contributed by atoms with Crippen molar-refractivity contribution in [2.45, 2.75) is 19.4 Å². The molecule has 0 spiro atoms. The molecule has 0 N–H and O–H groups in total. The van der Waals surface area contributed by atoms with Crippen LogP contribution in [0.1, 0.15) is 17.5 Å². The van der Waals surface area contributed by atoms with E-state index in [4.69, 9.17) is 10.3 Å². The average molecular weight is 308 g/mol. The third-order valence-corrected chi connectivity index (χ3v) is 3.25. The number of Topliss-reactive ketones (excluding diaryl/α,β-unsaturated/α-hetero) is 1. The molecule has 2 aromatic carbocycles. The van der Waals surface area contributed by atoms with Gasteiger partial charge in [0.15, 0.2) is 0 Å². The van der Waals surface area contributed by atoms with E-state index in [-0.39, 0.29) is 13.0 Å². The highest BCUT2D eigenvalue weighted by Gasteiger charge is 2.30. The molecule has 0 heterocycles. The predicted molar refractivity (Wildman–Crippen MR) is 84.6 cm³/mol. The minimum absolute atomic E-state index is 0.0185. The Hall–Kier alpha value is -3.04. The van der Waals surface area contributed by atoms with Gasteiger partial charge in [0.2, 0.25) is 0 Å². The van der Waals surface area contributed by atoms with Gasteiger partial charge in [0, 0.05) is 6.42 Å². The Bertz CT molecular complexity index is 663. The monoisotopic (exact) mass is 308 g/mol. The molecular formula is C18H16N2O3. The first-order valence-electron chi connectivity index (χ1n) is 7.21. The van der Waals surface area contributed by atoms with Crippen molar-refractivity contribution >= 4 is 17.5 Å². The maximum Gasteiger partial charge on any atom is 0.441 e. The quantitative estimate of drug-likeness (QED) is 0.259. The molecule has 2 rings (SSSR count). The summed E-state index contributed by atoms with van der Waals surface area (Å²) in [6, 6.07) is 18.5. The van der Waals surface area contributed by atoms with Crippen LogP contribution >= 0.6 is 0 Å². The van der Waals surface area contributed by atoms with E-state index >= 15 is 0 Å². The number of rotatable bonds is 7. The van der Waals surface area contributed by atoms with Crippen LogP contribution in [0.4, 0.5) is 0 Å². The number of ether oxygens (including phenoxy) is 1. The lowest BCUT2D eigenvalue weighted by atomic mass is 10.1. The molecule has 116 valence electrons. The number of hydrogen-bond acceptors (Lipinski definition) is 3. The number of benzene rings is 2. The van der Waals surface area contributed by atoms with E-state index in [1.165, 1.54) is 0 Å². The molecule has 0 aromatic heterocycles. The van der Waals surface area contributed by atoms with Gasteiger partial charge >= 0.3 is 11.7 Å². The highest BCUT2D eigenvalue weighted by atomic mass is 16.5. The number of ketones is 1. The molecule has 5 nitrogen and oxygen atoms in total. The number of aryl methyl sites for hydroxylation is 1. The maximum atomic E-state index is 12.0. The van der Waals surface area contributed by atoms with Gasteiger partial charge in [-0.1, -0.05) is 60.7 Å². The second-order valence-corrected chi connectivity index (χ2v) is 4.92. The summed E-state index contributed by atoms with van der Waals surface area (Å²) >= 11 is 0. The second-order valence-electron chi connectivity index (χ2n) is 4.92. The largest absolute Gasteiger partial charge is 0.452 e. The molecule has 0 atom stereocenters. The minimum atomic E-state index is -0.922. The molecule has 23 heavy (non-hydrogen) atoms. The lowest BCUT2D eigenvalue weighted by Crippen LogP contribution is -2.27. The molecular weight excluding hydrogens is 292 g/mol. The zero-order valence-corrected chi connectivity index (χ0v) is 12.5. The van der Waals surface area contributed by atoms with E-state index in [0.717, 1.165) is 11.1 Å². The van der Waals surface area contributed by atoms with Gasteiger partial charge in [-0.3, -0.25) is 4.79 Å². The Morgan fingerprint density at radius 3 is 2.04 bits per heavy atom. The highest BCUT2D eigenvalue weighted by Crippen LogP contribution is 2.05. The van der Waals surface area contributed by atoms with Gasteiger partial charge < -0.3 is 10.3 Å². The third kappa shape index (κ3) is 5.02. The van der Waals surface area contributed by atoms with Crippen LogP contribution in [-0.4, -0.2) is 22.3 Å². The number of hydrogen-bond donors (Lipinski definition) is 0. The number of esters is 1. The fourth-order valence-corrected chi connectivity index (χ4v) is 2.02. The molecule has 0 fully saturated rings. The van der Waals surface area contributed by atoms with E-state index in [9.17, 15) is 9.59 Å². The smallest absolute Gasteiger partial charge is 0.441 e. The molecule has 5 heteroatoms. The summed E-state index contributed by atoms with van der Waals surface area (Å²) < 4.78 is 5.00. The Morgan fingerprint density at radius 2 is 1.48 bits per heavy atom. The highest BCUT2D eigenvalue weighted by molar-refractivity contribution is 6.62. The van der Waals surface area contributed by atoms with Crippen molar-refractivity contribution in [2.75, 3.05) is 0 Å².